The minimum Gasteiger partial charge on any atom is -0.466 e. The van der Waals surface area contributed by atoms with E-state index in [2.05, 4.69) is 0 Å². The zero-order chi connectivity index (χ0) is 15.6. The van der Waals surface area contributed by atoms with Crippen molar-refractivity contribution in [2.24, 2.45) is 0 Å². The van der Waals surface area contributed by atoms with Crippen molar-refractivity contribution < 1.29 is 19.1 Å². The maximum absolute atomic E-state index is 12.5. The standard InChI is InChI=1S/C18H14O4/c1-21-17(20)18(14-10-6-3-7-11-14)15(12-16(19)22-18)13-8-4-2-5-9-13/h2-12H,1H3. The first-order valence-corrected chi connectivity index (χ1v) is 6.83. The lowest BCUT2D eigenvalue weighted by molar-refractivity contribution is -0.169. The van der Waals surface area contributed by atoms with E-state index in [0.29, 0.717) is 11.1 Å². The fraction of sp³-hybridized carbons (Fsp3) is 0.111. The summed E-state index contributed by atoms with van der Waals surface area (Å²) in [5, 5.41) is 0. The summed E-state index contributed by atoms with van der Waals surface area (Å²) in [6.07, 6.45) is 1.35. The summed E-state index contributed by atoms with van der Waals surface area (Å²) >= 11 is 0. The molecule has 1 aliphatic heterocycles. The van der Waals surface area contributed by atoms with Gasteiger partial charge in [0.15, 0.2) is 0 Å². The number of hydrogen-bond acceptors (Lipinski definition) is 4. The molecule has 0 spiro atoms. The molecule has 0 saturated heterocycles. The predicted octanol–water partition coefficient (Wildman–Crippen LogP) is 2.70. The number of methoxy groups -OCH3 is 1. The highest BCUT2D eigenvalue weighted by atomic mass is 16.6. The third kappa shape index (κ3) is 2.09. The van der Waals surface area contributed by atoms with Gasteiger partial charge in [0.2, 0.25) is 0 Å². The number of benzene rings is 2. The van der Waals surface area contributed by atoms with Crippen LogP contribution in [0.15, 0.2) is 66.7 Å². The van der Waals surface area contributed by atoms with Gasteiger partial charge < -0.3 is 9.47 Å². The Morgan fingerprint density at radius 1 is 1.00 bits per heavy atom. The molecule has 4 heteroatoms. The molecule has 0 aliphatic carbocycles. The molecule has 1 unspecified atom stereocenters. The van der Waals surface area contributed by atoms with Gasteiger partial charge in [0.25, 0.3) is 5.60 Å². The van der Waals surface area contributed by atoms with Crippen molar-refractivity contribution in [2.45, 2.75) is 5.60 Å². The Hall–Kier alpha value is -2.88. The van der Waals surface area contributed by atoms with Crippen LogP contribution in [-0.2, 0) is 24.7 Å². The lowest BCUT2D eigenvalue weighted by Crippen LogP contribution is -2.39. The first-order valence-electron chi connectivity index (χ1n) is 6.83. The molecule has 4 nitrogen and oxygen atoms in total. The van der Waals surface area contributed by atoms with Crippen molar-refractivity contribution in [1.82, 2.24) is 0 Å². The first kappa shape index (κ1) is 14.1. The SMILES string of the molecule is COC(=O)C1(c2ccccc2)OC(=O)C=C1c1ccccc1. The third-order valence-corrected chi connectivity index (χ3v) is 3.63. The van der Waals surface area contributed by atoms with Gasteiger partial charge in [0.05, 0.1) is 7.11 Å². The lowest BCUT2D eigenvalue weighted by Gasteiger charge is -2.28. The summed E-state index contributed by atoms with van der Waals surface area (Å²) in [7, 11) is 1.28. The number of ether oxygens (including phenoxy) is 2. The zero-order valence-corrected chi connectivity index (χ0v) is 12.0. The molecule has 2 aromatic carbocycles. The molecule has 0 bridgehead atoms. The highest BCUT2D eigenvalue weighted by Gasteiger charge is 2.53. The molecule has 1 atom stereocenters. The van der Waals surface area contributed by atoms with Crippen molar-refractivity contribution in [3.63, 3.8) is 0 Å². The van der Waals surface area contributed by atoms with Crippen LogP contribution in [-0.4, -0.2) is 19.0 Å². The molecule has 0 saturated carbocycles. The summed E-state index contributed by atoms with van der Waals surface area (Å²) in [4.78, 5) is 24.5. The molecule has 0 radical (unpaired) electrons. The van der Waals surface area contributed by atoms with E-state index in [4.69, 9.17) is 9.47 Å². The quantitative estimate of drug-likeness (QED) is 0.817. The summed E-state index contributed by atoms with van der Waals surface area (Å²) in [6, 6.07) is 18.1. The van der Waals surface area contributed by atoms with E-state index in [1.54, 1.807) is 24.3 Å². The van der Waals surface area contributed by atoms with E-state index >= 15 is 0 Å². The first-order chi connectivity index (χ1) is 10.7. The molecule has 1 heterocycles. The van der Waals surface area contributed by atoms with Gasteiger partial charge in [-0.3, -0.25) is 0 Å². The summed E-state index contributed by atoms with van der Waals surface area (Å²) in [6.45, 7) is 0. The Kier molecular flexibility index (Phi) is 3.51. The summed E-state index contributed by atoms with van der Waals surface area (Å²) in [5.41, 5.74) is 0.218. The highest BCUT2D eigenvalue weighted by molar-refractivity contribution is 6.09. The summed E-state index contributed by atoms with van der Waals surface area (Å²) < 4.78 is 10.4. The number of cyclic esters (lactones) is 1. The van der Waals surface area contributed by atoms with Crippen molar-refractivity contribution in [1.29, 1.82) is 0 Å². The van der Waals surface area contributed by atoms with E-state index in [-0.39, 0.29) is 0 Å². The van der Waals surface area contributed by atoms with Gasteiger partial charge in [-0.2, -0.15) is 0 Å². The Morgan fingerprint density at radius 3 is 2.18 bits per heavy atom. The minimum atomic E-state index is -1.56. The number of carbonyl (C=O) groups excluding carboxylic acids is 2. The number of rotatable bonds is 3. The normalized spacial score (nSPS) is 20.2. The Labute approximate surface area is 128 Å². The number of hydrogen-bond donors (Lipinski definition) is 0. The number of esters is 2. The highest BCUT2D eigenvalue weighted by Crippen LogP contribution is 2.44. The maximum atomic E-state index is 12.5. The summed E-state index contributed by atoms with van der Waals surface area (Å²) in [5.74, 6) is -1.19. The van der Waals surface area contributed by atoms with Crippen molar-refractivity contribution in [2.75, 3.05) is 7.11 Å². The van der Waals surface area contributed by atoms with Crippen LogP contribution in [0.5, 0.6) is 0 Å². The molecule has 0 aromatic heterocycles. The van der Waals surface area contributed by atoms with Gasteiger partial charge in [-0.1, -0.05) is 60.7 Å². The lowest BCUT2D eigenvalue weighted by atomic mass is 9.83. The molecule has 0 amide bonds. The van der Waals surface area contributed by atoms with E-state index in [1.165, 1.54) is 13.2 Å². The van der Waals surface area contributed by atoms with E-state index in [0.717, 1.165) is 5.56 Å². The topological polar surface area (TPSA) is 52.6 Å². The monoisotopic (exact) mass is 294 g/mol. The zero-order valence-electron chi connectivity index (χ0n) is 12.0. The van der Waals surface area contributed by atoms with Gasteiger partial charge in [-0.15, -0.1) is 0 Å². The van der Waals surface area contributed by atoms with Crippen LogP contribution in [0.1, 0.15) is 11.1 Å². The average Bonchev–Trinajstić information content (AvgIpc) is 2.94. The molecule has 3 rings (SSSR count). The van der Waals surface area contributed by atoms with E-state index < -0.39 is 17.5 Å². The minimum absolute atomic E-state index is 0.483. The Bertz CT molecular complexity index is 734. The fourth-order valence-electron chi connectivity index (χ4n) is 2.66. The van der Waals surface area contributed by atoms with Crippen LogP contribution < -0.4 is 0 Å². The van der Waals surface area contributed by atoms with Gasteiger partial charge >= 0.3 is 11.9 Å². The van der Waals surface area contributed by atoms with Gasteiger partial charge in [0, 0.05) is 17.2 Å². The van der Waals surface area contributed by atoms with Crippen molar-refractivity contribution in [3.8, 4) is 0 Å². The second-order valence-corrected chi connectivity index (χ2v) is 4.88. The molecule has 0 fully saturated rings. The van der Waals surface area contributed by atoms with Crippen LogP contribution in [0.4, 0.5) is 0 Å². The van der Waals surface area contributed by atoms with Gasteiger partial charge in [-0.05, 0) is 5.56 Å². The number of carbonyl (C=O) groups is 2. The van der Waals surface area contributed by atoms with Crippen LogP contribution >= 0.6 is 0 Å². The molecule has 110 valence electrons. The van der Waals surface area contributed by atoms with E-state index in [9.17, 15) is 9.59 Å². The third-order valence-electron chi connectivity index (χ3n) is 3.63. The van der Waals surface area contributed by atoms with Crippen LogP contribution in [0.2, 0.25) is 0 Å². The van der Waals surface area contributed by atoms with E-state index in [1.807, 2.05) is 36.4 Å². The predicted molar refractivity (Wildman–Crippen MR) is 80.6 cm³/mol. The average molecular weight is 294 g/mol. The molecule has 1 aliphatic rings. The molecule has 22 heavy (non-hydrogen) atoms. The second-order valence-electron chi connectivity index (χ2n) is 4.88. The second kappa shape index (κ2) is 5.48. The smallest absolute Gasteiger partial charge is 0.360 e. The van der Waals surface area contributed by atoms with Crippen molar-refractivity contribution >= 4 is 17.5 Å². The Morgan fingerprint density at radius 2 is 1.59 bits per heavy atom. The largest absolute Gasteiger partial charge is 0.466 e. The van der Waals surface area contributed by atoms with Gasteiger partial charge in [-0.25, -0.2) is 9.59 Å². The van der Waals surface area contributed by atoms with Crippen LogP contribution in [0.3, 0.4) is 0 Å². The molecular formula is C18H14O4. The van der Waals surface area contributed by atoms with Gasteiger partial charge in [0.1, 0.15) is 0 Å². The van der Waals surface area contributed by atoms with Crippen molar-refractivity contribution in [3.05, 3.63) is 77.9 Å². The maximum Gasteiger partial charge on any atom is 0.360 e. The fourth-order valence-corrected chi connectivity index (χ4v) is 2.66. The molecule has 0 N–H and O–H groups in total. The van der Waals surface area contributed by atoms with Crippen LogP contribution in [0, 0.1) is 0 Å². The molecular weight excluding hydrogens is 280 g/mol. The Balaban J connectivity index is 2.24. The molecule has 2 aromatic rings. The van der Waals surface area contributed by atoms with Crippen LogP contribution in [0.25, 0.3) is 5.57 Å².